The molecule has 0 spiro atoms. The zero-order chi connectivity index (χ0) is 11.8. The summed E-state index contributed by atoms with van der Waals surface area (Å²) in [5, 5.41) is 18.5. The molecule has 1 rings (SSSR count). The van der Waals surface area contributed by atoms with Crippen LogP contribution in [-0.2, 0) is 4.74 Å². The van der Waals surface area contributed by atoms with Crippen molar-refractivity contribution >= 4 is 0 Å². The number of hydrogen-bond donors (Lipinski definition) is 2. The lowest BCUT2D eigenvalue weighted by molar-refractivity contribution is 0.0167. The number of aliphatic hydroxyl groups excluding tert-OH is 2. The largest absolute Gasteiger partial charge is 0.394 e. The third-order valence-corrected chi connectivity index (χ3v) is 3.62. The maximum Gasteiger partial charge on any atom is 0.0697 e. The zero-order valence-corrected chi connectivity index (χ0v) is 10.4. The summed E-state index contributed by atoms with van der Waals surface area (Å²) in [5.41, 5.74) is 0. The lowest BCUT2D eigenvalue weighted by Crippen LogP contribution is -2.30. The van der Waals surface area contributed by atoms with Crippen LogP contribution in [-0.4, -0.2) is 36.1 Å². The van der Waals surface area contributed by atoms with Crippen molar-refractivity contribution in [2.75, 3.05) is 19.8 Å². The van der Waals surface area contributed by atoms with Crippen LogP contribution in [0.5, 0.6) is 0 Å². The lowest BCUT2D eigenvalue weighted by atomic mass is 9.76. The molecule has 0 aromatic heterocycles. The van der Waals surface area contributed by atoms with Crippen LogP contribution in [0.25, 0.3) is 0 Å². The average molecular weight is 230 g/mol. The van der Waals surface area contributed by atoms with Gasteiger partial charge in [-0.1, -0.05) is 19.8 Å². The highest BCUT2D eigenvalue weighted by molar-refractivity contribution is 4.79. The van der Waals surface area contributed by atoms with Gasteiger partial charge in [-0.05, 0) is 37.5 Å². The van der Waals surface area contributed by atoms with E-state index in [0.29, 0.717) is 19.1 Å². The standard InChI is InChI=1S/C13H26O3/c1-2-3-11-4-5-13(15)12(10-11)6-8-16-9-7-14/h11-15H,2-10H2,1H3. The smallest absolute Gasteiger partial charge is 0.0697 e. The molecule has 16 heavy (non-hydrogen) atoms. The first-order valence-corrected chi connectivity index (χ1v) is 6.64. The quantitative estimate of drug-likeness (QED) is 0.657. The Morgan fingerprint density at radius 2 is 2.00 bits per heavy atom. The Balaban J connectivity index is 2.21. The zero-order valence-electron chi connectivity index (χ0n) is 10.4. The first-order chi connectivity index (χ1) is 7.77. The van der Waals surface area contributed by atoms with E-state index in [0.717, 1.165) is 25.2 Å². The Bertz CT molecular complexity index is 173. The van der Waals surface area contributed by atoms with E-state index in [9.17, 15) is 5.11 Å². The molecule has 0 amide bonds. The molecule has 0 aromatic rings. The van der Waals surface area contributed by atoms with Gasteiger partial charge < -0.3 is 14.9 Å². The van der Waals surface area contributed by atoms with Crippen molar-refractivity contribution in [2.45, 2.75) is 51.6 Å². The van der Waals surface area contributed by atoms with E-state index < -0.39 is 0 Å². The van der Waals surface area contributed by atoms with E-state index in [1.54, 1.807) is 0 Å². The first-order valence-electron chi connectivity index (χ1n) is 6.64. The van der Waals surface area contributed by atoms with Crippen molar-refractivity contribution in [1.82, 2.24) is 0 Å². The lowest BCUT2D eigenvalue weighted by Gasteiger charge is -2.33. The van der Waals surface area contributed by atoms with Crippen molar-refractivity contribution in [1.29, 1.82) is 0 Å². The topological polar surface area (TPSA) is 49.7 Å². The highest BCUT2D eigenvalue weighted by Gasteiger charge is 2.28. The fourth-order valence-electron chi connectivity index (χ4n) is 2.73. The summed E-state index contributed by atoms with van der Waals surface area (Å²) in [6.07, 6.45) is 6.62. The van der Waals surface area contributed by atoms with Gasteiger partial charge in [0.25, 0.3) is 0 Å². The van der Waals surface area contributed by atoms with Crippen molar-refractivity contribution in [2.24, 2.45) is 11.8 Å². The van der Waals surface area contributed by atoms with Gasteiger partial charge in [0.05, 0.1) is 19.3 Å². The minimum atomic E-state index is -0.133. The van der Waals surface area contributed by atoms with Crippen LogP contribution >= 0.6 is 0 Å². The maximum atomic E-state index is 9.91. The van der Waals surface area contributed by atoms with E-state index in [1.165, 1.54) is 19.3 Å². The highest BCUT2D eigenvalue weighted by atomic mass is 16.5. The highest BCUT2D eigenvalue weighted by Crippen LogP contribution is 2.33. The minimum absolute atomic E-state index is 0.0890. The molecule has 96 valence electrons. The summed E-state index contributed by atoms with van der Waals surface area (Å²) in [4.78, 5) is 0. The number of ether oxygens (including phenoxy) is 1. The molecule has 3 heteroatoms. The van der Waals surface area contributed by atoms with Crippen LogP contribution in [0.3, 0.4) is 0 Å². The molecule has 1 fully saturated rings. The third-order valence-electron chi connectivity index (χ3n) is 3.62. The van der Waals surface area contributed by atoms with Crippen LogP contribution in [0.4, 0.5) is 0 Å². The second-order valence-electron chi connectivity index (χ2n) is 4.92. The molecule has 0 aliphatic heterocycles. The summed E-state index contributed by atoms with van der Waals surface area (Å²) in [5.74, 6) is 1.21. The second-order valence-corrected chi connectivity index (χ2v) is 4.92. The van der Waals surface area contributed by atoms with Gasteiger partial charge in [-0.15, -0.1) is 0 Å². The summed E-state index contributed by atoms with van der Waals surface area (Å²) < 4.78 is 5.27. The molecule has 1 aliphatic rings. The molecular weight excluding hydrogens is 204 g/mol. The van der Waals surface area contributed by atoms with Crippen molar-refractivity contribution in [3.05, 3.63) is 0 Å². The molecule has 0 aromatic carbocycles. The summed E-state index contributed by atoms with van der Waals surface area (Å²) in [7, 11) is 0. The van der Waals surface area contributed by atoms with Crippen LogP contribution in [0.1, 0.15) is 45.4 Å². The van der Waals surface area contributed by atoms with E-state index in [2.05, 4.69) is 6.92 Å². The minimum Gasteiger partial charge on any atom is -0.394 e. The van der Waals surface area contributed by atoms with Gasteiger partial charge in [-0.3, -0.25) is 0 Å². The first kappa shape index (κ1) is 13.9. The van der Waals surface area contributed by atoms with Gasteiger partial charge in [-0.25, -0.2) is 0 Å². The Kier molecular flexibility index (Phi) is 7.01. The maximum absolute atomic E-state index is 9.91. The van der Waals surface area contributed by atoms with E-state index >= 15 is 0 Å². The summed E-state index contributed by atoms with van der Waals surface area (Å²) in [6.45, 7) is 3.40. The Morgan fingerprint density at radius 3 is 2.69 bits per heavy atom. The molecule has 1 saturated carbocycles. The van der Waals surface area contributed by atoms with Crippen LogP contribution in [0, 0.1) is 11.8 Å². The molecule has 0 bridgehead atoms. The molecule has 3 nitrogen and oxygen atoms in total. The fraction of sp³-hybridized carbons (Fsp3) is 1.00. The summed E-state index contributed by atoms with van der Waals surface area (Å²) >= 11 is 0. The molecule has 0 heterocycles. The Labute approximate surface area is 98.8 Å². The average Bonchev–Trinajstić information content (AvgIpc) is 2.29. The van der Waals surface area contributed by atoms with Crippen molar-refractivity contribution in [3.63, 3.8) is 0 Å². The van der Waals surface area contributed by atoms with Crippen molar-refractivity contribution in [3.8, 4) is 0 Å². The molecule has 3 atom stereocenters. The molecule has 3 unspecified atom stereocenters. The SMILES string of the molecule is CCCC1CCC(O)C(CCOCCO)C1. The van der Waals surface area contributed by atoms with Gasteiger partial charge in [0.15, 0.2) is 0 Å². The van der Waals surface area contributed by atoms with Crippen molar-refractivity contribution < 1.29 is 14.9 Å². The number of hydrogen-bond acceptors (Lipinski definition) is 3. The molecule has 0 radical (unpaired) electrons. The number of rotatable bonds is 7. The van der Waals surface area contributed by atoms with Crippen LogP contribution < -0.4 is 0 Å². The summed E-state index contributed by atoms with van der Waals surface area (Å²) in [6, 6.07) is 0. The molecule has 2 N–H and O–H groups in total. The van der Waals surface area contributed by atoms with Gasteiger partial charge in [0.2, 0.25) is 0 Å². The Morgan fingerprint density at radius 1 is 1.19 bits per heavy atom. The van der Waals surface area contributed by atoms with Gasteiger partial charge in [-0.2, -0.15) is 0 Å². The molecular formula is C13H26O3. The second kappa shape index (κ2) is 8.04. The van der Waals surface area contributed by atoms with Gasteiger partial charge in [0.1, 0.15) is 0 Å². The van der Waals surface area contributed by atoms with Crippen LogP contribution in [0.2, 0.25) is 0 Å². The predicted molar refractivity (Wildman–Crippen MR) is 64.3 cm³/mol. The number of aliphatic hydroxyl groups is 2. The molecule has 1 aliphatic carbocycles. The monoisotopic (exact) mass is 230 g/mol. The normalized spacial score (nSPS) is 30.6. The fourth-order valence-corrected chi connectivity index (χ4v) is 2.73. The van der Waals surface area contributed by atoms with Crippen LogP contribution in [0.15, 0.2) is 0 Å². The van der Waals surface area contributed by atoms with Gasteiger partial charge >= 0.3 is 0 Å². The van der Waals surface area contributed by atoms with E-state index in [-0.39, 0.29) is 12.7 Å². The van der Waals surface area contributed by atoms with E-state index in [1.807, 2.05) is 0 Å². The van der Waals surface area contributed by atoms with E-state index in [4.69, 9.17) is 9.84 Å². The van der Waals surface area contributed by atoms with Gasteiger partial charge in [0, 0.05) is 6.61 Å². The molecule has 0 saturated heterocycles. The Hall–Kier alpha value is -0.120. The third kappa shape index (κ3) is 4.81. The predicted octanol–water partition coefficient (Wildman–Crippen LogP) is 1.96.